The van der Waals surface area contributed by atoms with Crippen LogP contribution in [0.4, 0.5) is 5.69 Å². The smallest absolute Gasteiger partial charge is 0.203 e. The van der Waals surface area contributed by atoms with E-state index in [0.29, 0.717) is 29.2 Å². The Bertz CT molecular complexity index is 904. The van der Waals surface area contributed by atoms with Gasteiger partial charge in [0.25, 0.3) is 0 Å². The van der Waals surface area contributed by atoms with Crippen molar-refractivity contribution in [1.82, 2.24) is 5.32 Å². The van der Waals surface area contributed by atoms with Gasteiger partial charge in [-0.25, -0.2) is 0 Å². The zero-order valence-electron chi connectivity index (χ0n) is 17.3. The molecule has 0 amide bonds. The van der Waals surface area contributed by atoms with Crippen molar-refractivity contribution in [3.05, 3.63) is 29.8 Å². The van der Waals surface area contributed by atoms with E-state index in [0.717, 1.165) is 49.5 Å². The molecule has 5 rings (SSSR count). The third-order valence-corrected chi connectivity index (χ3v) is 6.49. The lowest BCUT2D eigenvalue weighted by atomic mass is 9.89. The molecule has 6 nitrogen and oxygen atoms in total. The molecule has 6 heteroatoms. The summed E-state index contributed by atoms with van der Waals surface area (Å²) in [7, 11) is 4.93. The molecule has 29 heavy (non-hydrogen) atoms. The normalized spacial score (nSPS) is 22.2. The SMILES string of the molecule is COc1cc(-c2cc3c4c(c2)C2CCNCCC2N4CCO3)cc(OC)c1OC. The van der Waals surface area contributed by atoms with E-state index in [2.05, 4.69) is 22.3 Å². The lowest BCUT2D eigenvalue weighted by Crippen LogP contribution is -2.39. The Morgan fingerprint density at radius 2 is 1.66 bits per heavy atom. The molecule has 1 saturated heterocycles. The fourth-order valence-corrected chi connectivity index (χ4v) is 5.20. The molecular weight excluding hydrogens is 368 g/mol. The molecule has 154 valence electrons. The molecule has 0 aromatic heterocycles. The number of nitrogens with one attached hydrogen (secondary N) is 1. The van der Waals surface area contributed by atoms with Crippen molar-refractivity contribution in [3.8, 4) is 34.1 Å². The van der Waals surface area contributed by atoms with E-state index in [4.69, 9.17) is 18.9 Å². The van der Waals surface area contributed by atoms with E-state index in [1.807, 2.05) is 12.1 Å². The van der Waals surface area contributed by atoms with Gasteiger partial charge in [0, 0.05) is 12.0 Å². The van der Waals surface area contributed by atoms with Crippen LogP contribution < -0.4 is 29.2 Å². The number of nitrogens with zero attached hydrogens (tertiary/aromatic N) is 1. The predicted molar refractivity (Wildman–Crippen MR) is 113 cm³/mol. The van der Waals surface area contributed by atoms with E-state index in [1.54, 1.807) is 21.3 Å². The summed E-state index contributed by atoms with van der Waals surface area (Å²) in [6.07, 6.45) is 2.34. The molecule has 3 aliphatic heterocycles. The fraction of sp³-hybridized carbons (Fsp3) is 0.478. The number of ether oxygens (including phenoxy) is 4. The van der Waals surface area contributed by atoms with Gasteiger partial charge in [0.15, 0.2) is 11.5 Å². The Morgan fingerprint density at radius 1 is 0.931 bits per heavy atom. The van der Waals surface area contributed by atoms with Gasteiger partial charge in [-0.2, -0.15) is 0 Å². The molecule has 0 aliphatic carbocycles. The molecule has 3 aliphatic rings. The highest BCUT2D eigenvalue weighted by molar-refractivity contribution is 5.80. The number of fused-ring (bicyclic) bond motifs is 3. The first-order chi connectivity index (χ1) is 14.2. The van der Waals surface area contributed by atoms with Crippen molar-refractivity contribution < 1.29 is 18.9 Å². The van der Waals surface area contributed by atoms with Crippen LogP contribution in [0.25, 0.3) is 11.1 Å². The third kappa shape index (κ3) is 2.89. The minimum atomic E-state index is 0.544. The van der Waals surface area contributed by atoms with Crippen molar-refractivity contribution in [2.45, 2.75) is 24.8 Å². The van der Waals surface area contributed by atoms with Gasteiger partial charge in [-0.3, -0.25) is 0 Å². The molecule has 1 N–H and O–H groups in total. The van der Waals surface area contributed by atoms with E-state index in [1.165, 1.54) is 17.7 Å². The lowest BCUT2D eigenvalue weighted by molar-refractivity contribution is 0.301. The minimum absolute atomic E-state index is 0.544. The average Bonchev–Trinajstić information content (AvgIpc) is 2.92. The Labute approximate surface area is 171 Å². The van der Waals surface area contributed by atoms with Crippen LogP contribution in [0.3, 0.4) is 0 Å². The standard InChI is InChI=1S/C23H28N2O4/c1-26-20-12-15(13-21(27-2)23(20)28-3)14-10-17-16-4-6-24-7-5-18(16)25-8-9-29-19(11-14)22(17)25/h10-13,16,18,24H,4-9H2,1-3H3. The maximum atomic E-state index is 6.13. The summed E-state index contributed by atoms with van der Waals surface area (Å²) >= 11 is 0. The summed E-state index contributed by atoms with van der Waals surface area (Å²) < 4.78 is 22.8. The summed E-state index contributed by atoms with van der Waals surface area (Å²) in [6.45, 7) is 3.87. The van der Waals surface area contributed by atoms with Crippen molar-refractivity contribution >= 4 is 5.69 Å². The molecule has 2 atom stereocenters. The summed E-state index contributed by atoms with van der Waals surface area (Å²) in [6, 6.07) is 9.10. The van der Waals surface area contributed by atoms with Crippen LogP contribution in [0.2, 0.25) is 0 Å². The van der Waals surface area contributed by atoms with Gasteiger partial charge in [0.05, 0.1) is 33.6 Å². The van der Waals surface area contributed by atoms with Gasteiger partial charge < -0.3 is 29.2 Å². The van der Waals surface area contributed by atoms with Gasteiger partial charge in [-0.15, -0.1) is 0 Å². The zero-order chi connectivity index (χ0) is 20.0. The first kappa shape index (κ1) is 18.4. The topological polar surface area (TPSA) is 52.2 Å². The Balaban J connectivity index is 1.65. The van der Waals surface area contributed by atoms with Gasteiger partial charge in [0.2, 0.25) is 5.75 Å². The fourth-order valence-electron chi connectivity index (χ4n) is 5.20. The predicted octanol–water partition coefficient (Wildman–Crippen LogP) is 3.43. The average molecular weight is 396 g/mol. The molecule has 0 bridgehead atoms. The largest absolute Gasteiger partial charge is 0.493 e. The summed E-state index contributed by atoms with van der Waals surface area (Å²) in [5, 5.41) is 3.57. The molecule has 1 fully saturated rings. The maximum Gasteiger partial charge on any atom is 0.203 e. The number of anilines is 1. The molecule has 0 radical (unpaired) electrons. The lowest BCUT2D eigenvalue weighted by Gasteiger charge is -2.33. The second-order valence-electron chi connectivity index (χ2n) is 7.87. The Hall–Kier alpha value is -2.60. The molecular formula is C23H28N2O4. The van der Waals surface area contributed by atoms with E-state index in [-0.39, 0.29) is 0 Å². The van der Waals surface area contributed by atoms with Crippen LogP contribution in [-0.2, 0) is 0 Å². The van der Waals surface area contributed by atoms with E-state index in [9.17, 15) is 0 Å². The van der Waals surface area contributed by atoms with Crippen molar-refractivity contribution in [2.75, 3.05) is 52.5 Å². The molecule has 2 aromatic rings. The highest BCUT2D eigenvalue weighted by Gasteiger charge is 2.42. The van der Waals surface area contributed by atoms with Crippen LogP contribution in [0, 0.1) is 0 Å². The van der Waals surface area contributed by atoms with Crippen LogP contribution in [0.5, 0.6) is 23.0 Å². The summed E-state index contributed by atoms with van der Waals surface area (Å²) in [4.78, 5) is 2.59. The summed E-state index contributed by atoms with van der Waals surface area (Å²) in [5.41, 5.74) is 4.89. The van der Waals surface area contributed by atoms with Crippen molar-refractivity contribution in [3.63, 3.8) is 0 Å². The number of hydrogen-bond donors (Lipinski definition) is 1. The van der Waals surface area contributed by atoms with Gasteiger partial charge in [0.1, 0.15) is 12.4 Å². The zero-order valence-corrected chi connectivity index (χ0v) is 17.3. The Morgan fingerprint density at radius 3 is 2.38 bits per heavy atom. The van der Waals surface area contributed by atoms with Gasteiger partial charge in [-0.1, -0.05) is 0 Å². The molecule has 0 saturated carbocycles. The number of benzene rings is 2. The van der Waals surface area contributed by atoms with Crippen LogP contribution in [0.1, 0.15) is 24.3 Å². The summed E-state index contributed by atoms with van der Waals surface area (Å²) in [5.74, 6) is 3.48. The Kier molecular flexibility index (Phi) is 4.66. The monoisotopic (exact) mass is 396 g/mol. The second-order valence-corrected chi connectivity index (χ2v) is 7.87. The quantitative estimate of drug-likeness (QED) is 0.855. The highest BCUT2D eigenvalue weighted by Crippen LogP contribution is 2.52. The minimum Gasteiger partial charge on any atom is -0.493 e. The number of hydrogen-bond acceptors (Lipinski definition) is 6. The first-order valence-electron chi connectivity index (χ1n) is 10.3. The van der Waals surface area contributed by atoms with Crippen molar-refractivity contribution in [2.24, 2.45) is 0 Å². The van der Waals surface area contributed by atoms with Gasteiger partial charge in [-0.05, 0) is 66.9 Å². The second kappa shape index (κ2) is 7.34. The maximum absolute atomic E-state index is 6.13. The molecule has 3 heterocycles. The highest BCUT2D eigenvalue weighted by atomic mass is 16.5. The molecule has 2 unspecified atom stereocenters. The van der Waals surface area contributed by atoms with Crippen LogP contribution >= 0.6 is 0 Å². The number of methoxy groups -OCH3 is 3. The third-order valence-electron chi connectivity index (χ3n) is 6.49. The van der Waals surface area contributed by atoms with Crippen molar-refractivity contribution in [1.29, 1.82) is 0 Å². The first-order valence-corrected chi connectivity index (χ1v) is 10.3. The van der Waals surface area contributed by atoms with E-state index < -0.39 is 0 Å². The van der Waals surface area contributed by atoms with Crippen LogP contribution in [-0.4, -0.2) is 53.6 Å². The molecule has 2 aromatic carbocycles. The van der Waals surface area contributed by atoms with E-state index >= 15 is 0 Å². The van der Waals surface area contributed by atoms with Crippen LogP contribution in [0.15, 0.2) is 24.3 Å². The number of rotatable bonds is 4. The van der Waals surface area contributed by atoms with Gasteiger partial charge >= 0.3 is 0 Å². The molecule has 0 spiro atoms.